The predicted molar refractivity (Wildman–Crippen MR) is 140 cm³/mol. The Hall–Kier alpha value is -2.89. The summed E-state index contributed by atoms with van der Waals surface area (Å²) in [6.07, 6.45) is 5.69. The summed E-state index contributed by atoms with van der Waals surface area (Å²) in [7, 11) is 0. The first-order valence-electron chi connectivity index (χ1n) is 12.5. The quantitative estimate of drug-likeness (QED) is 0.406. The van der Waals surface area contributed by atoms with Crippen LogP contribution in [0.1, 0.15) is 23.2 Å². The van der Waals surface area contributed by atoms with E-state index in [0.29, 0.717) is 55.3 Å². The second-order valence-electron chi connectivity index (χ2n) is 9.30. The lowest BCUT2D eigenvalue weighted by atomic mass is 10.2. The lowest BCUT2D eigenvalue weighted by Gasteiger charge is -2.34. The molecule has 11 heteroatoms. The molecule has 2 amide bonds. The van der Waals surface area contributed by atoms with Gasteiger partial charge in [0.05, 0.1) is 19.8 Å². The number of amides is 2. The fourth-order valence-electron chi connectivity index (χ4n) is 4.41. The number of hydrogen-bond donors (Lipinski definition) is 2. The van der Waals surface area contributed by atoms with E-state index in [1.807, 2.05) is 23.3 Å². The van der Waals surface area contributed by atoms with Gasteiger partial charge in [0.2, 0.25) is 5.91 Å². The summed E-state index contributed by atoms with van der Waals surface area (Å²) >= 11 is 1.44. The molecule has 10 nitrogen and oxygen atoms in total. The zero-order chi connectivity index (χ0) is 24.9. The van der Waals surface area contributed by atoms with E-state index in [4.69, 9.17) is 4.74 Å². The normalized spacial score (nSPS) is 18.7. The first kappa shape index (κ1) is 24.8. The molecule has 3 heterocycles. The summed E-state index contributed by atoms with van der Waals surface area (Å²) in [5.41, 5.74) is 2.46. The number of ether oxygens (including phenoxy) is 1. The smallest absolute Gasteiger partial charge is 0.259 e. The predicted octanol–water partition coefficient (Wildman–Crippen LogP) is 1.82. The summed E-state index contributed by atoms with van der Waals surface area (Å²) in [5, 5.41) is 6.97. The topological polar surface area (TPSA) is 103 Å². The van der Waals surface area contributed by atoms with Crippen molar-refractivity contribution in [3.8, 4) is 0 Å². The first-order valence-corrected chi connectivity index (χ1v) is 13.7. The average molecular weight is 512 g/mol. The van der Waals surface area contributed by atoms with Gasteiger partial charge in [-0.1, -0.05) is 11.8 Å². The van der Waals surface area contributed by atoms with Crippen LogP contribution in [0.3, 0.4) is 0 Å². The van der Waals surface area contributed by atoms with Gasteiger partial charge in [0.1, 0.15) is 11.4 Å². The third kappa shape index (κ3) is 6.26. The zero-order valence-corrected chi connectivity index (χ0v) is 21.4. The van der Waals surface area contributed by atoms with Crippen LogP contribution in [0.15, 0.2) is 35.6 Å². The molecule has 3 fully saturated rings. The van der Waals surface area contributed by atoms with Crippen LogP contribution in [0, 0.1) is 0 Å². The lowest BCUT2D eigenvalue weighted by Crippen LogP contribution is -2.51. The van der Waals surface area contributed by atoms with Crippen LogP contribution < -0.4 is 15.5 Å². The molecule has 0 radical (unpaired) electrons. The van der Waals surface area contributed by atoms with E-state index in [9.17, 15) is 9.59 Å². The highest BCUT2D eigenvalue weighted by molar-refractivity contribution is 7.98. The maximum absolute atomic E-state index is 13.4. The molecule has 1 aliphatic carbocycles. The van der Waals surface area contributed by atoms with Crippen LogP contribution in [0.25, 0.3) is 0 Å². The molecular weight excluding hydrogens is 478 g/mol. The van der Waals surface area contributed by atoms with Gasteiger partial charge in [0, 0.05) is 62.9 Å². The number of morpholine rings is 1. The number of carbonyl (C=O) groups is 2. The van der Waals surface area contributed by atoms with E-state index in [0.717, 1.165) is 50.5 Å². The number of nitrogens with zero attached hydrogens (tertiary/aromatic N) is 5. The second kappa shape index (κ2) is 11.4. The van der Waals surface area contributed by atoms with Gasteiger partial charge in [-0.05, 0) is 43.4 Å². The van der Waals surface area contributed by atoms with Gasteiger partial charge in [-0.25, -0.2) is 9.97 Å². The van der Waals surface area contributed by atoms with Crippen LogP contribution >= 0.6 is 11.8 Å². The molecule has 0 atom stereocenters. The Balaban J connectivity index is 1.23. The van der Waals surface area contributed by atoms with Gasteiger partial charge in [-0.15, -0.1) is 0 Å². The van der Waals surface area contributed by atoms with Crippen LogP contribution in [-0.2, 0) is 9.53 Å². The monoisotopic (exact) mass is 511 g/mol. The Kier molecular flexibility index (Phi) is 7.88. The number of piperazine rings is 1. The first-order chi connectivity index (χ1) is 17.6. The van der Waals surface area contributed by atoms with Crippen molar-refractivity contribution in [1.29, 1.82) is 0 Å². The van der Waals surface area contributed by atoms with Crippen LogP contribution in [0.2, 0.25) is 0 Å². The molecule has 1 aromatic heterocycles. The van der Waals surface area contributed by atoms with Crippen LogP contribution in [-0.4, -0.2) is 103 Å². The Bertz CT molecular complexity index is 1070. The molecule has 2 saturated heterocycles. The minimum Gasteiger partial charge on any atom is -0.378 e. The van der Waals surface area contributed by atoms with E-state index < -0.39 is 0 Å². The van der Waals surface area contributed by atoms with Crippen molar-refractivity contribution in [3.05, 3.63) is 36.0 Å². The number of rotatable bonds is 8. The number of aromatic nitrogens is 2. The fraction of sp³-hybridized carbons (Fsp3) is 0.520. The molecule has 1 aromatic carbocycles. The molecular formula is C25H33N7O3S. The Morgan fingerprint density at radius 1 is 1.06 bits per heavy atom. The van der Waals surface area contributed by atoms with Gasteiger partial charge in [-0.3, -0.25) is 14.5 Å². The molecule has 2 aliphatic heterocycles. The molecule has 1 saturated carbocycles. The summed E-state index contributed by atoms with van der Waals surface area (Å²) in [6, 6.07) is 8.53. The summed E-state index contributed by atoms with van der Waals surface area (Å²) in [6.45, 7) is 6.09. The number of thioether (sulfide) groups is 1. The standard InChI is InChI=1S/C25H33N7O3S/c1-36-25-26-16-21(24(34)32-10-8-30(9-11-32)17-22(33)27-18-2-3-18)23(29-25)28-19-4-6-20(7-5-19)31-12-14-35-15-13-31/h4-7,16,18H,2-3,8-15,17H2,1H3,(H,27,33)(H,26,28,29). The Labute approximate surface area is 215 Å². The molecule has 192 valence electrons. The average Bonchev–Trinajstić information content (AvgIpc) is 3.73. The summed E-state index contributed by atoms with van der Waals surface area (Å²) in [4.78, 5) is 40.7. The summed E-state index contributed by atoms with van der Waals surface area (Å²) in [5.74, 6) is 0.478. The molecule has 3 aliphatic rings. The minimum absolute atomic E-state index is 0.0736. The van der Waals surface area contributed by atoms with Crippen LogP contribution in [0.4, 0.5) is 17.2 Å². The van der Waals surface area contributed by atoms with Crippen molar-refractivity contribution in [2.45, 2.75) is 24.0 Å². The highest BCUT2D eigenvalue weighted by atomic mass is 32.2. The number of nitrogens with one attached hydrogen (secondary N) is 2. The van der Waals surface area contributed by atoms with Crippen molar-refractivity contribution in [1.82, 2.24) is 25.1 Å². The van der Waals surface area contributed by atoms with Crippen molar-refractivity contribution in [2.24, 2.45) is 0 Å². The third-order valence-electron chi connectivity index (χ3n) is 6.66. The number of hydrogen-bond acceptors (Lipinski definition) is 9. The fourth-order valence-corrected chi connectivity index (χ4v) is 4.75. The molecule has 0 bridgehead atoms. The second-order valence-corrected chi connectivity index (χ2v) is 10.1. The van der Waals surface area contributed by atoms with E-state index >= 15 is 0 Å². The number of benzene rings is 1. The van der Waals surface area contributed by atoms with Gasteiger partial charge in [0.15, 0.2) is 5.16 Å². The van der Waals surface area contributed by atoms with Gasteiger partial charge < -0.3 is 25.2 Å². The van der Waals surface area contributed by atoms with E-state index in [1.54, 1.807) is 6.20 Å². The van der Waals surface area contributed by atoms with E-state index in [2.05, 4.69) is 42.5 Å². The van der Waals surface area contributed by atoms with Gasteiger partial charge in [0.25, 0.3) is 5.91 Å². The largest absolute Gasteiger partial charge is 0.378 e. The van der Waals surface area contributed by atoms with Crippen molar-refractivity contribution >= 4 is 40.8 Å². The van der Waals surface area contributed by atoms with Crippen molar-refractivity contribution in [2.75, 3.05) is 75.5 Å². The maximum atomic E-state index is 13.4. The molecule has 2 N–H and O–H groups in total. The van der Waals surface area contributed by atoms with E-state index in [1.165, 1.54) is 11.8 Å². The number of carbonyl (C=O) groups excluding carboxylic acids is 2. The third-order valence-corrected chi connectivity index (χ3v) is 7.22. The Morgan fingerprint density at radius 3 is 2.44 bits per heavy atom. The highest BCUT2D eigenvalue weighted by Gasteiger charge is 2.28. The SMILES string of the molecule is CSc1ncc(C(=O)N2CCN(CC(=O)NC3CC3)CC2)c(Nc2ccc(N3CCOCC3)cc2)n1. The molecule has 5 rings (SSSR count). The molecule has 2 aromatic rings. The minimum atomic E-state index is -0.0998. The van der Waals surface area contributed by atoms with Crippen molar-refractivity contribution in [3.63, 3.8) is 0 Å². The summed E-state index contributed by atoms with van der Waals surface area (Å²) < 4.78 is 5.44. The van der Waals surface area contributed by atoms with Crippen molar-refractivity contribution < 1.29 is 14.3 Å². The molecule has 0 spiro atoms. The Morgan fingerprint density at radius 2 is 1.78 bits per heavy atom. The zero-order valence-electron chi connectivity index (χ0n) is 20.6. The van der Waals surface area contributed by atoms with Gasteiger partial charge in [-0.2, -0.15) is 0 Å². The highest BCUT2D eigenvalue weighted by Crippen LogP contribution is 2.25. The van der Waals surface area contributed by atoms with Crippen LogP contribution in [0.5, 0.6) is 0 Å². The molecule has 0 unspecified atom stereocenters. The maximum Gasteiger partial charge on any atom is 0.259 e. The molecule has 36 heavy (non-hydrogen) atoms. The lowest BCUT2D eigenvalue weighted by molar-refractivity contribution is -0.122. The van der Waals surface area contributed by atoms with E-state index in [-0.39, 0.29) is 11.8 Å². The number of anilines is 3. The van der Waals surface area contributed by atoms with Gasteiger partial charge >= 0.3 is 0 Å².